The molecule has 0 heterocycles. The van der Waals surface area contributed by atoms with Gasteiger partial charge in [-0.05, 0) is 60.9 Å². The lowest BCUT2D eigenvalue weighted by Gasteiger charge is -2.34. The Balaban J connectivity index is 1.52. The van der Waals surface area contributed by atoms with Crippen LogP contribution in [0, 0.1) is 0 Å². The van der Waals surface area contributed by atoms with Gasteiger partial charge in [-0.25, -0.2) is 8.42 Å². The maximum absolute atomic E-state index is 13.3. The van der Waals surface area contributed by atoms with Gasteiger partial charge in [0.05, 0.1) is 24.0 Å². The highest BCUT2D eigenvalue weighted by Gasteiger charge is 2.26. The van der Waals surface area contributed by atoms with E-state index in [1.54, 1.807) is 25.1 Å². The van der Waals surface area contributed by atoms with Gasteiger partial charge in [-0.15, -0.1) is 0 Å². The summed E-state index contributed by atoms with van der Waals surface area (Å²) in [6, 6.07) is 30.9. The molecule has 0 aliphatic heterocycles. The van der Waals surface area contributed by atoms with Crippen LogP contribution in [0.2, 0.25) is 0 Å². The first-order valence-electron chi connectivity index (χ1n) is 13.1. The number of benzene rings is 4. The fourth-order valence-electron chi connectivity index (χ4n) is 4.46. The molecule has 0 saturated carbocycles. The van der Waals surface area contributed by atoms with E-state index >= 15 is 0 Å². The van der Waals surface area contributed by atoms with Gasteiger partial charge in [-0.2, -0.15) is 0 Å². The van der Waals surface area contributed by atoms with Crippen molar-refractivity contribution in [1.82, 2.24) is 4.90 Å². The number of hydrogen-bond acceptors (Lipinski definition) is 7. The smallest absolute Gasteiger partial charge is 0.206 e. The Morgan fingerprint density at radius 2 is 1.35 bits per heavy atom. The van der Waals surface area contributed by atoms with Crippen LogP contribution in [-0.4, -0.2) is 51.5 Å². The molecule has 7 nitrogen and oxygen atoms in total. The topological polar surface area (TPSA) is 85.3 Å². The van der Waals surface area contributed by atoms with Gasteiger partial charge in [0, 0.05) is 19.2 Å². The van der Waals surface area contributed by atoms with Gasteiger partial charge < -0.3 is 19.3 Å². The SMILES string of the molecule is COc1ccc(S(=O)(=O)c2ccc(CCN(Cc3ccccc3)C(Oc3ccccc3)C(C)O)cc2)cc1OC. The van der Waals surface area contributed by atoms with Crippen molar-refractivity contribution in [3.05, 3.63) is 114 Å². The Hall–Kier alpha value is -3.85. The van der Waals surface area contributed by atoms with Crippen LogP contribution in [0.25, 0.3) is 0 Å². The molecule has 0 saturated heterocycles. The molecule has 4 rings (SSSR count). The van der Waals surface area contributed by atoms with Crippen LogP contribution in [0.4, 0.5) is 0 Å². The summed E-state index contributed by atoms with van der Waals surface area (Å²) in [6.45, 7) is 2.88. The van der Waals surface area contributed by atoms with Crippen molar-refractivity contribution in [2.24, 2.45) is 0 Å². The molecule has 0 aromatic heterocycles. The van der Waals surface area contributed by atoms with Crippen LogP contribution < -0.4 is 14.2 Å². The predicted octanol–water partition coefficient (Wildman–Crippen LogP) is 5.37. The number of hydrogen-bond donors (Lipinski definition) is 1. The lowest BCUT2D eigenvalue weighted by molar-refractivity contribution is -0.0621. The Morgan fingerprint density at radius 3 is 1.95 bits per heavy atom. The molecule has 1 N–H and O–H groups in total. The highest BCUT2D eigenvalue weighted by atomic mass is 32.2. The van der Waals surface area contributed by atoms with Gasteiger partial charge >= 0.3 is 0 Å². The highest BCUT2D eigenvalue weighted by molar-refractivity contribution is 7.91. The van der Waals surface area contributed by atoms with Crippen LogP contribution in [0.15, 0.2) is 113 Å². The van der Waals surface area contributed by atoms with Crippen LogP contribution in [0.1, 0.15) is 18.1 Å². The third-order valence-corrected chi connectivity index (χ3v) is 8.36. The Labute approximate surface area is 236 Å². The zero-order valence-electron chi connectivity index (χ0n) is 22.9. The molecule has 2 unspecified atom stereocenters. The van der Waals surface area contributed by atoms with Gasteiger partial charge in [0.1, 0.15) is 11.9 Å². The number of aliphatic hydroxyl groups excluding tert-OH is 1. The minimum atomic E-state index is -3.74. The van der Waals surface area contributed by atoms with Gasteiger partial charge in [-0.3, -0.25) is 4.90 Å². The van der Waals surface area contributed by atoms with Crippen molar-refractivity contribution in [2.45, 2.75) is 42.0 Å². The summed E-state index contributed by atoms with van der Waals surface area (Å²) in [6.07, 6.45) is -0.699. The third-order valence-electron chi connectivity index (χ3n) is 6.59. The summed E-state index contributed by atoms with van der Waals surface area (Å²) in [5, 5.41) is 10.7. The number of para-hydroxylation sites is 1. The van der Waals surface area contributed by atoms with E-state index in [2.05, 4.69) is 4.90 Å². The van der Waals surface area contributed by atoms with Gasteiger partial charge in [0.25, 0.3) is 0 Å². The summed E-state index contributed by atoms with van der Waals surface area (Å²) in [7, 11) is -0.771. The van der Waals surface area contributed by atoms with Crippen LogP contribution in [0.5, 0.6) is 17.2 Å². The molecular formula is C32H35NO6S. The number of methoxy groups -OCH3 is 2. The lowest BCUT2D eigenvalue weighted by atomic mass is 10.1. The van der Waals surface area contributed by atoms with Gasteiger partial charge in [-0.1, -0.05) is 60.7 Å². The highest BCUT2D eigenvalue weighted by Crippen LogP contribution is 2.32. The van der Waals surface area contributed by atoms with Crippen molar-refractivity contribution >= 4 is 9.84 Å². The molecular weight excluding hydrogens is 526 g/mol. The summed E-state index contributed by atoms with van der Waals surface area (Å²) < 4.78 is 43.3. The van der Waals surface area contributed by atoms with E-state index < -0.39 is 22.2 Å². The molecule has 0 bridgehead atoms. The van der Waals surface area contributed by atoms with Crippen LogP contribution in [0.3, 0.4) is 0 Å². The van der Waals surface area contributed by atoms with E-state index in [0.717, 1.165) is 11.1 Å². The number of rotatable bonds is 13. The molecule has 0 aliphatic rings. The summed E-state index contributed by atoms with van der Waals surface area (Å²) >= 11 is 0. The van der Waals surface area contributed by atoms with Crippen LogP contribution >= 0.6 is 0 Å². The summed E-state index contributed by atoms with van der Waals surface area (Å²) in [5.41, 5.74) is 2.06. The van der Waals surface area contributed by atoms with Crippen molar-refractivity contribution in [2.75, 3.05) is 20.8 Å². The molecule has 210 valence electrons. The second-order valence-corrected chi connectivity index (χ2v) is 11.4. The third kappa shape index (κ3) is 7.21. The zero-order valence-corrected chi connectivity index (χ0v) is 23.8. The number of ether oxygens (including phenoxy) is 3. The molecule has 0 amide bonds. The zero-order chi connectivity index (χ0) is 28.5. The maximum Gasteiger partial charge on any atom is 0.206 e. The molecule has 40 heavy (non-hydrogen) atoms. The fourth-order valence-corrected chi connectivity index (χ4v) is 5.73. The average molecular weight is 562 g/mol. The molecule has 4 aromatic carbocycles. The van der Waals surface area contributed by atoms with Crippen molar-refractivity contribution in [3.63, 3.8) is 0 Å². The van der Waals surface area contributed by atoms with Crippen LogP contribution in [-0.2, 0) is 22.8 Å². The minimum absolute atomic E-state index is 0.129. The number of aliphatic hydroxyl groups is 1. The fraction of sp³-hybridized carbons (Fsp3) is 0.250. The van der Waals surface area contributed by atoms with E-state index in [-0.39, 0.29) is 9.79 Å². The average Bonchev–Trinajstić information content (AvgIpc) is 2.99. The first kappa shape index (κ1) is 29.1. The van der Waals surface area contributed by atoms with E-state index in [1.807, 2.05) is 72.8 Å². The first-order chi connectivity index (χ1) is 19.3. The standard InChI is InChI=1S/C32H35NO6S/c1-24(34)32(39-27-12-8-5-9-13-27)33(23-26-10-6-4-7-11-26)21-20-25-14-16-28(17-15-25)40(35,36)29-18-19-30(37-2)31(22-29)38-3/h4-19,22,24,32,34H,20-21,23H2,1-3H3. The van der Waals surface area contributed by atoms with E-state index in [0.29, 0.717) is 36.8 Å². The molecule has 0 spiro atoms. The normalized spacial score (nSPS) is 13.0. The number of nitrogens with zero attached hydrogens (tertiary/aromatic N) is 1. The number of sulfone groups is 1. The molecule has 8 heteroatoms. The molecule has 0 radical (unpaired) electrons. The minimum Gasteiger partial charge on any atom is -0.493 e. The Kier molecular flexibility index (Phi) is 9.82. The van der Waals surface area contributed by atoms with E-state index in [4.69, 9.17) is 14.2 Å². The summed E-state index contributed by atoms with van der Waals surface area (Å²) in [5.74, 6) is 1.49. The van der Waals surface area contributed by atoms with Gasteiger partial charge in [0.2, 0.25) is 9.84 Å². The Morgan fingerprint density at radius 1 is 0.750 bits per heavy atom. The maximum atomic E-state index is 13.3. The largest absolute Gasteiger partial charge is 0.493 e. The van der Waals surface area contributed by atoms with E-state index in [1.165, 1.54) is 26.4 Å². The quantitative estimate of drug-likeness (QED) is 0.220. The molecule has 2 atom stereocenters. The summed E-state index contributed by atoms with van der Waals surface area (Å²) in [4.78, 5) is 2.42. The molecule has 0 fully saturated rings. The Bertz CT molecular complexity index is 1460. The van der Waals surface area contributed by atoms with Crippen molar-refractivity contribution in [3.8, 4) is 17.2 Å². The van der Waals surface area contributed by atoms with Crippen molar-refractivity contribution < 1.29 is 27.7 Å². The van der Waals surface area contributed by atoms with Crippen molar-refractivity contribution in [1.29, 1.82) is 0 Å². The lowest BCUT2D eigenvalue weighted by Crippen LogP contribution is -2.47. The first-order valence-corrected chi connectivity index (χ1v) is 14.5. The second-order valence-electron chi connectivity index (χ2n) is 9.43. The monoisotopic (exact) mass is 561 g/mol. The predicted molar refractivity (Wildman–Crippen MR) is 155 cm³/mol. The molecule has 4 aromatic rings. The van der Waals surface area contributed by atoms with Gasteiger partial charge in [0.15, 0.2) is 17.7 Å². The molecule has 0 aliphatic carbocycles. The van der Waals surface area contributed by atoms with E-state index in [9.17, 15) is 13.5 Å². The second kappa shape index (κ2) is 13.5.